The molecular weight excluding hydrogens is 372 g/mol. The van der Waals surface area contributed by atoms with Gasteiger partial charge in [0, 0.05) is 24.2 Å². The number of hydrogen-bond acceptors (Lipinski definition) is 5. The van der Waals surface area contributed by atoms with Crippen molar-refractivity contribution in [1.82, 2.24) is 20.6 Å². The Balaban J connectivity index is 0.00000338. The van der Waals surface area contributed by atoms with Crippen molar-refractivity contribution >= 4 is 36.2 Å². The molecule has 2 aromatic rings. The predicted molar refractivity (Wildman–Crippen MR) is 108 cm³/mol. The minimum atomic E-state index is 0. The van der Waals surface area contributed by atoms with E-state index in [1.165, 1.54) is 0 Å². The number of halogens is 1. The molecule has 0 amide bonds. The van der Waals surface area contributed by atoms with Gasteiger partial charge in [-0.2, -0.15) is 17.0 Å². The number of nitrogens with zero attached hydrogens (tertiary/aromatic N) is 3. The van der Waals surface area contributed by atoms with Gasteiger partial charge in [0.15, 0.2) is 6.19 Å². The Labute approximate surface area is 163 Å². The first-order valence-electron chi connectivity index (χ1n) is 7.72. The van der Waals surface area contributed by atoms with Gasteiger partial charge in [0.05, 0.1) is 18.6 Å². The molecule has 0 aliphatic carbocycles. The van der Waals surface area contributed by atoms with Crippen molar-refractivity contribution in [2.75, 3.05) is 18.8 Å². The molecule has 0 spiro atoms. The highest BCUT2D eigenvalue weighted by Crippen LogP contribution is 2.10. The van der Waals surface area contributed by atoms with Crippen molar-refractivity contribution in [3.63, 3.8) is 0 Å². The van der Waals surface area contributed by atoms with Gasteiger partial charge in [-0.15, -0.1) is 12.4 Å². The van der Waals surface area contributed by atoms with Gasteiger partial charge < -0.3 is 15.4 Å². The molecule has 0 saturated carbocycles. The molecule has 9 heteroatoms. The second-order valence-electron chi connectivity index (χ2n) is 4.96. The molecule has 0 saturated heterocycles. The number of aliphatic imine (C=N–C) groups is 1. The predicted octanol–water partition coefficient (Wildman–Crippen LogP) is 2.50. The first kappa shape index (κ1) is 21.4. The van der Waals surface area contributed by atoms with Crippen LogP contribution >= 0.6 is 24.2 Å². The maximum absolute atomic E-state index is 9.24. The molecule has 1 aromatic carbocycles. The first-order valence-corrected chi connectivity index (χ1v) is 8.88. The van der Waals surface area contributed by atoms with E-state index in [0.717, 1.165) is 22.8 Å². The number of H-pyrrole nitrogens is 1. The van der Waals surface area contributed by atoms with E-state index in [4.69, 9.17) is 5.26 Å². The average Bonchev–Trinajstić information content (AvgIpc) is 3.13. The van der Waals surface area contributed by atoms with Crippen LogP contribution in [0.3, 0.4) is 0 Å². The third-order valence-corrected chi connectivity index (χ3v) is 4.05. The van der Waals surface area contributed by atoms with Crippen molar-refractivity contribution in [1.29, 1.82) is 5.26 Å². The molecule has 2 rings (SSSR count). The summed E-state index contributed by atoms with van der Waals surface area (Å²) in [4.78, 5) is 11.4. The fraction of sp³-hybridized carbons (Fsp3) is 0.235. The van der Waals surface area contributed by atoms with Crippen molar-refractivity contribution < 1.29 is 5.11 Å². The maximum atomic E-state index is 9.24. The molecule has 138 valence electrons. The van der Waals surface area contributed by atoms with Crippen LogP contribution in [-0.4, -0.2) is 39.9 Å². The molecule has 1 heterocycles. The number of imidazole rings is 1. The van der Waals surface area contributed by atoms with Crippen LogP contribution in [0.5, 0.6) is 5.75 Å². The van der Waals surface area contributed by atoms with Gasteiger partial charge >= 0.3 is 0 Å². The lowest BCUT2D eigenvalue weighted by molar-refractivity contribution is 0.475. The largest absolute Gasteiger partial charge is 0.508 e. The normalized spacial score (nSPS) is 11.0. The van der Waals surface area contributed by atoms with Crippen LogP contribution in [0.2, 0.25) is 0 Å². The number of aromatic nitrogens is 2. The second kappa shape index (κ2) is 12.7. The van der Waals surface area contributed by atoms with E-state index in [1.54, 1.807) is 30.2 Å². The number of phenols is 1. The van der Waals surface area contributed by atoms with E-state index in [9.17, 15) is 5.11 Å². The molecule has 0 bridgehead atoms. The van der Waals surface area contributed by atoms with Crippen molar-refractivity contribution in [3.05, 3.63) is 54.1 Å². The molecule has 26 heavy (non-hydrogen) atoms. The summed E-state index contributed by atoms with van der Waals surface area (Å²) in [6, 6.07) is 6.92. The van der Waals surface area contributed by atoms with Crippen molar-refractivity contribution in [2.24, 2.45) is 4.99 Å². The highest BCUT2D eigenvalue weighted by Gasteiger charge is 1.97. The number of aromatic amines is 1. The van der Waals surface area contributed by atoms with Gasteiger partial charge in [0.2, 0.25) is 5.96 Å². The Morgan fingerprint density at radius 3 is 2.88 bits per heavy atom. The minimum Gasteiger partial charge on any atom is -0.508 e. The van der Waals surface area contributed by atoms with E-state index in [-0.39, 0.29) is 18.2 Å². The van der Waals surface area contributed by atoms with Crippen molar-refractivity contribution in [3.8, 4) is 11.9 Å². The van der Waals surface area contributed by atoms with Gasteiger partial charge in [-0.05, 0) is 17.7 Å². The Morgan fingerprint density at radius 1 is 1.38 bits per heavy atom. The summed E-state index contributed by atoms with van der Waals surface area (Å²) in [5.41, 5.74) is 2.00. The highest BCUT2D eigenvalue weighted by molar-refractivity contribution is 7.98. The first-order chi connectivity index (χ1) is 12.3. The number of rotatable bonds is 8. The number of nitrogens with one attached hydrogen (secondary N) is 3. The minimum absolute atomic E-state index is 0. The number of aromatic hydroxyl groups is 1. The lowest BCUT2D eigenvalue weighted by Crippen LogP contribution is -2.34. The molecule has 0 radical (unpaired) electrons. The summed E-state index contributed by atoms with van der Waals surface area (Å²) in [5, 5.41) is 23.6. The van der Waals surface area contributed by atoms with Gasteiger partial charge in [-0.3, -0.25) is 10.3 Å². The standard InChI is InChI=1S/C17H20N6OS.ClH/c18-12-22-17(21-8-9-25-11-15-10-19-13-23-15)20-7-1-2-14-3-5-16(24)6-4-14;/h1-6,10,13,24H,7-9,11H2,(H,19,23)(H2,20,21,22);1H/b2-1+;. The number of nitriles is 1. The van der Waals surface area contributed by atoms with Gasteiger partial charge in [0.25, 0.3) is 0 Å². The van der Waals surface area contributed by atoms with E-state index in [1.807, 2.05) is 36.7 Å². The molecule has 0 atom stereocenters. The molecule has 7 nitrogen and oxygen atoms in total. The molecule has 4 N–H and O–H groups in total. The SMILES string of the molecule is Cl.N#CN/C(=N\CCSCc1c[nH]cn1)NC/C=C/c1ccc(O)cc1. The van der Waals surface area contributed by atoms with E-state index >= 15 is 0 Å². The zero-order chi connectivity index (χ0) is 17.7. The number of hydrogen-bond donors (Lipinski definition) is 4. The van der Waals surface area contributed by atoms with E-state index in [2.05, 4.69) is 25.6 Å². The summed E-state index contributed by atoms with van der Waals surface area (Å²) < 4.78 is 0. The number of guanidine groups is 1. The number of benzene rings is 1. The van der Waals surface area contributed by atoms with Crippen LogP contribution in [0.1, 0.15) is 11.3 Å². The van der Waals surface area contributed by atoms with Crippen LogP contribution in [0.25, 0.3) is 6.08 Å². The summed E-state index contributed by atoms with van der Waals surface area (Å²) in [6.45, 7) is 1.14. The van der Waals surface area contributed by atoms with Gasteiger partial charge in [0.1, 0.15) is 5.75 Å². The monoisotopic (exact) mass is 392 g/mol. The molecule has 0 unspecified atom stereocenters. The number of thioether (sulfide) groups is 1. The number of phenolic OH excluding ortho intramolecular Hbond substituents is 1. The molecule has 0 aliphatic heterocycles. The quantitative estimate of drug-likeness (QED) is 0.181. The maximum Gasteiger partial charge on any atom is 0.204 e. The third kappa shape index (κ3) is 8.46. The Morgan fingerprint density at radius 2 is 2.19 bits per heavy atom. The zero-order valence-corrected chi connectivity index (χ0v) is 15.7. The summed E-state index contributed by atoms with van der Waals surface area (Å²) in [6.07, 6.45) is 9.27. The van der Waals surface area contributed by atoms with Crippen LogP contribution in [0, 0.1) is 11.5 Å². The zero-order valence-electron chi connectivity index (χ0n) is 14.1. The Bertz CT molecular complexity index is 725. The summed E-state index contributed by atoms with van der Waals surface area (Å²) >= 11 is 1.74. The lowest BCUT2D eigenvalue weighted by atomic mass is 10.2. The Hall–Kier alpha value is -2.63. The second-order valence-corrected chi connectivity index (χ2v) is 6.06. The molecule has 0 fully saturated rings. The lowest BCUT2D eigenvalue weighted by Gasteiger charge is -2.05. The van der Waals surface area contributed by atoms with Crippen LogP contribution in [-0.2, 0) is 5.75 Å². The van der Waals surface area contributed by atoms with E-state index < -0.39 is 0 Å². The molecular formula is C17H21ClN6OS. The highest BCUT2D eigenvalue weighted by atomic mass is 35.5. The summed E-state index contributed by atoms with van der Waals surface area (Å²) in [5.74, 6) is 2.38. The molecule has 0 aliphatic rings. The molecule has 1 aromatic heterocycles. The van der Waals surface area contributed by atoms with Gasteiger partial charge in [-0.25, -0.2) is 4.98 Å². The smallest absolute Gasteiger partial charge is 0.204 e. The van der Waals surface area contributed by atoms with Crippen molar-refractivity contribution in [2.45, 2.75) is 5.75 Å². The van der Waals surface area contributed by atoms with Crippen LogP contribution < -0.4 is 10.6 Å². The summed E-state index contributed by atoms with van der Waals surface area (Å²) in [7, 11) is 0. The third-order valence-electron chi connectivity index (χ3n) is 3.08. The fourth-order valence-electron chi connectivity index (χ4n) is 1.90. The average molecular weight is 393 g/mol. The fourth-order valence-corrected chi connectivity index (χ4v) is 2.63. The Kier molecular flexibility index (Phi) is 10.5. The van der Waals surface area contributed by atoms with E-state index in [0.29, 0.717) is 19.0 Å². The topological polar surface area (TPSA) is 109 Å². The van der Waals surface area contributed by atoms with Crippen LogP contribution in [0.15, 0.2) is 47.9 Å². The van der Waals surface area contributed by atoms with Gasteiger partial charge in [-0.1, -0.05) is 24.3 Å². The van der Waals surface area contributed by atoms with Crippen LogP contribution in [0.4, 0.5) is 0 Å².